The molecule has 1 aliphatic carbocycles. The van der Waals surface area contributed by atoms with Crippen molar-refractivity contribution in [3.05, 3.63) is 178 Å². The van der Waals surface area contributed by atoms with Gasteiger partial charge in [-0.25, -0.2) is 0 Å². The van der Waals surface area contributed by atoms with Gasteiger partial charge in [-0.3, -0.25) is 0 Å². The van der Waals surface area contributed by atoms with E-state index in [9.17, 15) is 0 Å². The molecule has 0 saturated heterocycles. The lowest BCUT2D eigenvalue weighted by atomic mass is 9.36. The first kappa shape index (κ1) is 46.6. The first-order chi connectivity index (χ1) is 34.3. The highest BCUT2D eigenvalue weighted by Crippen LogP contribution is 2.52. The Morgan fingerprint density at radius 3 is 1.67 bits per heavy atom. The summed E-state index contributed by atoms with van der Waals surface area (Å²) in [6, 6.07) is 55.6. The Morgan fingerprint density at radius 2 is 1.06 bits per heavy atom. The minimum atomic E-state index is -0.145. The average molecular weight is 962 g/mol. The second-order valence-electron chi connectivity index (χ2n) is 24.9. The van der Waals surface area contributed by atoms with E-state index in [4.69, 9.17) is 4.42 Å². The number of para-hydroxylation sites is 3. The van der Waals surface area contributed by atoms with Crippen LogP contribution in [0.25, 0.3) is 21.9 Å². The minimum Gasteiger partial charge on any atom is -0.454 e. The molecule has 4 nitrogen and oxygen atoms in total. The fourth-order valence-electron chi connectivity index (χ4n) is 11.9. The van der Waals surface area contributed by atoms with Crippen molar-refractivity contribution in [3.8, 4) is 0 Å². The van der Waals surface area contributed by atoms with Gasteiger partial charge in [-0.05, 0) is 147 Å². The molecule has 0 unspecified atom stereocenters. The molecule has 0 fully saturated rings. The Bertz CT molecular complexity index is 3520. The van der Waals surface area contributed by atoms with Gasteiger partial charge in [-0.1, -0.05) is 162 Å². The van der Waals surface area contributed by atoms with Gasteiger partial charge in [-0.15, -0.1) is 0 Å². The van der Waals surface area contributed by atoms with Gasteiger partial charge < -0.3 is 19.1 Å². The summed E-state index contributed by atoms with van der Waals surface area (Å²) in [6.45, 7) is 27.8. The van der Waals surface area contributed by atoms with E-state index in [1.54, 1.807) is 10.4 Å². The van der Waals surface area contributed by atoms with Crippen LogP contribution in [0.3, 0.4) is 0 Å². The number of furan rings is 1. The van der Waals surface area contributed by atoms with Crippen LogP contribution < -0.4 is 30.4 Å². The molecule has 0 saturated carbocycles. The summed E-state index contributed by atoms with van der Waals surface area (Å²) in [5, 5.41) is 2.29. The van der Waals surface area contributed by atoms with Crippen molar-refractivity contribution in [3.63, 3.8) is 0 Å². The number of nitrogens with zero attached hydrogens (tertiary/aromatic N) is 3. The highest BCUT2D eigenvalue weighted by molar-refractivity contribution is 7.29. The summed E-state index contributed by atoms with van der Waals surface area (Å²) in [5.74, 6) is 0. The SMILES string of the molecule is CC(C)(C)c1ccc(N(c2ccc(C(C)(C)C)cc2)c2ccc3c(c2)N(c2cccc4c2oc2c(C(C)(C)C)cccc24)c2cc(C(C)(C)C)cc4c2B3c2sc3c(c2N4c2ccccc2)CCCC3)cc1. The van der Waals surface area contributed by atoms with Gasteiger partial charge in [0.15, 0.2) is 5.58 Å². The molecule has 0 bridgehead atoms. The maximum absolute atomic E-state index is 7.35. The Kier molecular flexibility index (Phi) is 10.7. The summed E-state index contributed by atoms with van der Waals surface area (Å²) in [6.07, 6.45) is 4.71. The van der Waals surface area contributed by atoms with Gasteiger partial charge in [0.1, 0.15) is 5.58 Å². The molecule has 4 heterocycles. The van der Waals surface area contributed by atoms with Crippen LogP contribution in [0, 0.1) is 0 Å². The van der Waals surface area contributed by atoms with Gasteiger partial charge >= 0.3 is 0 Å². The quantitative estimate of drug-likeness (QED) is 0.160. The second kappa shape index (κ2) is 16.5. The van der Waals surface area contributed by atoms with E-state index in [0.29, 0.717) is 0 Å². The molecule has 2 aromatic heterocycles. The van der Waals surface area contributed by atoms with Crippen molar-refractivity contribution in [1.82, 2.24) is 0 Å². The van der Waals surface area contributed by atoms with Crippen LogP contribution in [0.2, 0.25) is 0 Å². The molecule has 362 valence electrons. The van der Waals surface area contributed by atoms with Crippen LogP contribution in [0.1, 0.15) is 129 Å². The summed E-state index contributed by atoms with van der Waals surface area (Å²) in [7, 11) is 0. The van der Waals surface area contributed by atoms with Crippen molar-refractivity contribution in [2.75, 3.05) is 14.7 Å². The summed E-state index contributed by atoms with van der Waals surface area (Å²) in [4.78, 5) is 9.27. The number of hydrogen-bond donors (Lipinski definition) is 0. The highest BCUT2D eigenvalue weighted by atomic mass is 32.1. The zero-order valence-electron chi connectivity index (χ0n) is 44.4. The van der Waals surface area contributed by atoms with Crippen LogP contribution in [-0.4, -0.2) is 6.71 Å². The molecule has 72 heavy (non-hydrogen) atoms. The molecule has 0 radical (unpaired) electrons. The van der Waals surface area contributed by atoms with E-state index in [1.165, 1.54) is 79.2 Å². The molecule has 0 amide bonds. The van der Waals surface area contributed by atoms with Gasteiger partial charge in [0.2, 0.25) is 0 Å². The fourth-order valence-corrected chi connectivity index (χ4v) is 13.4. The Hall–Kier alpha value is -6.50. The highest BCUT2D eigenvalue weighted by Gasteiger charge is 2.47. The van der Waals surface area contributed by atoms with Crippen LogP contribution >= 0.6 is 11.3 Å². The lowest BCUT2D eigenvalue weighted by Crippen LogP contribution is -2.60. The fraction of sp³-hybridized carbons (Fsp3) is 0.303. The Morgan fingerprint density at radius 1 is 0.486 bits per heavy atom. The lowest BCUT2D eigenvalue weighted by molar-refractivity contribution is 0.573. The third-order valence-electron chi connectivity index (χ3n) is 15.8. The topological polar surface area (TPSA) is 22.9 Å². The third kappa shape index (κ3) is 7.53. The lowest BCUT2D eigenvalue weighted by Gasteiger charge is -2.44. The molecule has 3 aliphatic rings. The standard InChI is InChI=1S/C66H68BN3OS/c1-63(2,3)41-28-32-45(33-29-41)68(46-34-30-42(31-35-46)64(4,5)6)47-36-37-52-54(40-47)70(53-26-19-24-49-48-23-18-25-51(66(10,11)12)60(48)71-61(49)53)56-39-43(65(7,8)9)38-55-58(56)67(52)62-59(50-22-16-17-27-57(50)72-62)69(55)44-20-14-13-15-21-44/h13-15,18-21,23-26,28-40H,16-17,22,27H2,1-12H3. The molecular weight excluding hydrogens is 894 g/mol. The predicted molar refractivity (Wildman–Crippen MR) is 312 cm³/mol. The van der Waals surface area contributed by atoms with Crippen molar-refractivity contribution in [1.29, 1.82) is 0 Å². The normalized spacial score (nSPS) is 14.6. The largest absolute Gasteiger partial charge is 0.454 e. The van der Waals surface area contributed by atoms with Gasteiger partial charge in [0.25, 0.3) is 6.71 Å². The Balaban J connectivity index is 1.19. The van der Waals surface area contributed by atoms with Crippen molar-refractivity contribution < 1.29 is 4.42 Å². The summed E-state index contributed by atoms with van der Waals surface area (Å²) >= 11 is 2.08. The predicted octanol–water partition coefficient (Wildman–Crippen LogP) is 17.3. The zero-order chi connectivity index (χ0) is 50.2. The maximum atomic E-state index is 7.35. The molecule has 9 aromatic rings. The van der Waals surface area contributed by atoms with Crippen LogP contribution in [0.4, 0.5) is 51.2 Å². The Labute approximate surface area is 432 Å². The van der Waals surface area contributed by atoms with Crippen molar-refractivity contribution >= 4 is 107 Å². The van der Waals surface area contributed by atoms with Crippen LogP contribution in [-0.2, 0) is 34.5 Å². The number of hydrogen-bond acceptors (Lipinski definition) is 5. The van der Waals surface area contributed by atoms with Crippen LogP contribution in [0.5, 0.6) is 0 Å². The number of benzene rings is 7. The molecule has 0 atom stereocenters. The van der Waals surface area contributed by atoms with E-state index in [0.717, 1.165) is 57.5 Å². The maximum Gasteiger partial charge on any atom is 0.264 e. The summed E-state index contributed by atoms with van der Waals surface area (Å²) in [5.41, 5.74) is 21.8. The van der Waals surface area contributed by atoms with Crippen molar-refractivity contribution in [2.45, 2.75) is 130 Å². The van der Waals surface area contributed by atoms with Crippen molar-refractivity contribution in [2.24, 2.45) is 0 Å². The molecule has 12 rings (SSSR count). The van der Waals surface area contributed by atoms with Crippen LogP contribution in [0.15, 0.2) is 150 Å². The van der Waals surface area contributed by atoms with E-state index < -0.39 is 0 Å². The van der Waals surface area contributed by atoms with E-state index >= 15 is 0 Å². The van der Waals surface area contributed by atoms with Gasteiger partial charge in [-0.2, -0.15) is 11.3 Å². The molecule has 2 aliphatic heterocycles. The zero-order valence-corrected chi connectivity index (χ0v) is 45.2. The second-order valence-corrected chi connectivity index (χ2v) is 26.0. The monoisotopic (exact) mass is 962 g/mol. The van der Waals surface area contributed by atoms with E-state index in [-0.39, 0.29) is 28.4 Å². The third-order valence-corrected chi connectivity index (χ3v) is 17.1. The number of aryl methyl sites for hydroxylation is 1. The number of anilines is 9. The first-order valence-corrected chi connectivity index (χ1v) is 27.2. The summed E-state index contributed by atoms with van der Waals surface area (Å²) < 4.78 is 8.81. The number of rotatable bonds is 5. The molecule has 0 N–H and O–H groups in total. The first-order valence-electron chi connectivity index (χ1n) is 26.3. The van der Waals surface area contributed by atoms with E-state index in [2.05, 4.69) is 255 Å². The smallest absolute Gasteiger partial charge is 0.264 e. The molecule has 0 spiro atoms. The van der Waals surface area contributed by atoms with Gasteiger partial charge in [0, 0.05) is 65.8 Å². The van der Waals surface area contributed by atoms with Gasteiger partial charge in [0.05, 0.1) is 11.4 Å². The minimum absolute atomic E-state index is 0.0304. The van der Waals surface area contributed by atoms with E-state index in [1.807, 2.05) is 0 Å². The molecular formula is C66H68BN3OS. The molecule has 6 heteroatoms. The number of thiophene rings is 1. The molecule has 7 aromatic carbocycles. The number of fused-ring (bicyclic) bond motifs is 9. The average Bonchev–Trinajstić information content (AvgIpc) is 3.93.